The number of carbonyl (C=O) groups is 3. The van der Waals surface area contributed by atoms with Crippen LogP contribution in [-0.4, -0.2) is 48.8 Å². The van der Waals surface area contributed by atoms with E-state index in [1.807, 2.05) is 0 Å². The summed E-state index contributed by atoms with van der Waals surface area (Å²) in [6.45, 7) is 4.63. The minimum absolute atomic E-state index is 0.164. The third-order valence-corrected chi connectivity index (χ3v) is 2.65. The van der Waals surface area contributed by atoms with Gasteiger partial charge in [-0.3, -0.25) is 4.79 Å². The fourth-order valence-corrected chi connectivity index (χ4v) is 1.64. The topological polar surface area (TPSA) is 178 Å². The molecule has 158 valence electrons. The van der Waals surface area contributed by atoms with E-state index in [-0.39, 0.29) is 43.7 Å². The number of rotatable bonds is 9. The highest BCUT2D eigenvalue weighted by molar-refractivity contribution is 5.94. The molecule has 0 atom stereocenters. The number of ketones is 1. The zero-order valence-electron chi connectivity index (χ0n) is 15.5. The van der Waals surface area contributed by atoms with E-state index < -0.39 is 22.2 Å². The van der Waals surface area contributed by atoms with Gasteiger partial charge in [0, 0.05) is 5.56 Å². The third kappa shape index (κ3) is 12.8. The average Bonchev–Trinajstić information content (AvgIpc) is 2.57. The standard InChI is InChI=1S/C16H20O7.ClHO4/c1-4-20-15(18)9-22-13-7-6-12(11(3)17)8-14(13)23-10-16(19)21-5-2;2-1(3,4)5/h6-8H,4-5,9-10H2,1-3H3;(H,2,3,4,5). The van der Waals surface area contributed by atoms with Crippen LogP contribution in [0.2, 0.25) is 0 Å². The van der Waals surface area contributed by atoms with Gasteiger partial charge in [-0.2, -0.15) is 14.0 Å². The molecular formula is C16H21ClO11. The van der Waals surface area contributed by atoms with Gasteiger partial charge >= 0.3 is 11.9 Å². The molecule has 1 rings (SSSR count). The van der Waals surface area contributed by atoms with Gasteiger partial charge in [-0.15, -0.1) is 0 Å². The Morgan fingerprint density at radius 3 is 1.75 bits per heavy atom. The number of halogens is 1. The first-order valence-electron chi connectivity index (χ1n) is 7.82. The highest BCUT2D eigenvalue weighted by Crippen LogP contribution is 2.28. The summed E-state index contributed by atoms with van der Waals surface area (Å²) in [5.74, 6) is -0.832. The molecule has 28 heavy (non-hydrogen) atoms. The van der Waals surface area contributed by atoms with Crippen molar-refractivity contribution in [1.82, 2.24) is 0 Å². The fraction of sp³-hybridized carbons (Fsp3) is 0.438. The van der Waals surface area contributed by atoms with E-state index in [1.54, 1.807) is 19.9 Å². The third-order valence-electron chi connectivity index (χ3n) is 2.65. The van der Waals surface area contributed by atoms with Crippen LogP contribution >= 0.6 is 0 Å². The van der Waals surface area contributed by atoms with E-state index in [0.29, 0.717) is 5.56 Å². The minimum atomic E-state index is -4.69. The minimum Gasteiger partial charge on any atom is -0.478 e. The van der Waals surface area contributed by atoms with Gasteiger partial charge in [-0.1, -0.05) is 0 Å². The Morgan fingerprint density at radius 2 is 1.36 bits per heavy atom. The lowest BCUT2D eigenvalue weighted by atomic mass is 10.1. The number of Topliss-reactive ketones (excluding diaryl/α,β-unsaturated/α-hetero) is 1. The fourth-order valence-electron chi connectivity index (χ4n) is 1.64. The van der Waals surface area contributed by atoms with E-state index in [1.165, 1.54) is 19.1 Å². The Bertz CT molecular complexity index is 648. The molecule has 0 fully saturated rings. The van der Waals surface area contributed by atoms with Crippen molar-refractivity contribution in [2.45, 2.75) is 20.8 Å². The molecule has 0 amide bonds. The van der Waals surface area contributed by atoms with Gasteiger partial charge in [0.1, 0.15) is 0 Å². The quantitative estimate of drug-likeness (QED) is 0.331. The lowest BCUT2D eigenvalue weighted by Crippen LogP contribution is -2.58. The molecule has 1 aromatic carbocycles. The lowest BCUT2D eigenvalue weighted by molar-refractivity contribution is -1.92. The first-order valence-corrected chi connectivity index (χ1v) is 9.09. The highest BCUT2D eigenvalue weighted by atomic mass is 35.7. The average molecular weight is 425 g/mol. The molecule has 1 aromatic rings. The molecular weight excluding hydrogens is 404 g/mol. The zero-order chi connectivity index (χ0) is 21.7. The number of carbonyl (C=O) groups excluding carboxylic acids is 3. The van der Waals surface area contributed by atoms with Crippen molar-refractivity contribution in [2.24, 2.45) is 0 Å². The van der Waals surface area contributed by atoms with Crippen LogP contribution in [0, 0.1) is 10.2 Å². The monoisotopic (exact) mass is 424 g/mol. The summed E-state index contributed by atoms with van der Waals surface area (Å²) in [7, 11) is -4.69. The summed E-state index contributed by atoms with van der Waals surface area (Å²) in [6.07, 6.45) is 0. The molecule has 0 aliphatic rings. The van der Waals surface area contributed by atoms with E-state index in [9.17, 15) is 14.4 Å². The van der Waals surface area contributed by atoms with Crippen molar-refractivity contribution in [1.29, 1.82) is 0 Å². The van der Waals surface area contributed by atoms with Gasteiger partial charge in [0.05, 0.1) is 28.1 Å². The van der Waals surface area contributed by atoms with Crippen molar-refractivity contribution < 1.29 is 62.2 Å². The molecule has 0 aliphatic heterocycles. The smallest absolute Gasteiger partial charge is 0.344 e. The van der Waals surface area contributed by atoms with Gasteiger partial charge in [0.15, 0.2) is 30.5 Å². The number of ether oxygens (including phenoxy) is 4. The van der Waals surface area contributed by atoms with Crippen LogP contribution in [-0.2, 0) is 19.1 Å². The molecule has 0 unspecified atom stereocenters. The number of hydrogen-bond acceptors (Lipinski definition) is 11. The van der Waals surface area contributed by atoms with Crippen molar-refractivity contribution in [3.63, 3.8) is 0 Å². The zero-order valence-corrected chi connectivity index (χ0v) is 16.2. The van der Waals surface area contributed by atoms with Crippen LogP contribution in [0.3, 0.4) is 0 Å². The van der Waals surface area contributed by atoms with E-state index in [2.05, 4.69) is 0 Å². The molecule has 11 nitrogen and oxygen atoms in total. The normalized spacial score (nSPS) is 10.2. The molecule has 0 heterocycles. The van der Waals surface area contributed by atoms with Crippen LogP contribution in [0.25, 0.3) is 0 Å². The maximum Gasteiger partial charge on any atom is 0.344 e. The van der Waals surface area contributed by atoms with Crippen LogP contribution in [0.15, 0.2) is 18.2 Å². The molecule has 12 heteroatoms. The molecule has 0 spiro atoms. The summed E-state index contributed by atoms with van der Waals surface area (Å²) in [6, 6.07) is 4.48. The van der Waals surface area contributed by atoms with Crippen molar-refractivity contribution in [2.75, 3.05) is 26.4 Å². The van der Waals surface area contributed by atoms with Crippen LogP contribution in [0.5, 0.6) is 11.5 Å². The predicted molar refractivity (Wildman–Crippen MR) is 82.9 cm³/mol. The van der Waals surface area contributed by atoms with Crippen molar-refractivity contribution >= 4 is 17.7 Å². The van der Waals surface area contributed by atoms with Crippen LogP contribution in [0.1, 0.15) is 31.1 Å². The van der Waals surface area contributed by atoms with Gasteiger partial charge in [0.25, 0.3) is 0 Å². The number of benzene rings is 1. The summed E-state index contributed by atoms with van der Waals surface area (Å²) in [5, 5.41) is 0. The lowest BCUT2D eigenvalue weighted by Gasteiger charge is -2.13. The van der Waals surface area contributed by atoms with Crippen molar-refractivity contribution in [3.05, 3.63) is 23.8 Å². The largest absolute Gasteiger partial charge is 0.478 e. The van der Waals surface area contributed by atoms with E-state index in [0.717, 1.165) is 0 Å². The summed E-state index contributed by atoms with van der Waals surface area (Å²) < 4.78 is 52.9. The van der Waals surface area contributed by atoms with Gasteiger partial charge in [-0.25, -0.2) is 9.59 Å². The maximum absolute atomic E-state index is 11.4. The first kappa shape index (κ1) is 25.6. The molecule has 0 aliphatic carbocycles. The van der Waals surface area contributed by atoms with E-state index in [4.69, 9.17) is 37.6 Å². The van der Waals surface area contributed by atoms with Crippen LogP contribution < -0.4 is 23.5 Å². The molecule has 0 saturated heterocycles. The number of esters is 2. The van der Waals surface area contributed by atoms with Gasteiger partial charge < -0.3 is 18.9 Å². The maximum atomic E-state index is 11.4. The summed E-state index contributed by atoms with van der Waals surface area (Å²) >= 11 is 0. The molecule has 0 aromatic heterocycles. The Labute approximate surface area is 163 Å². The second-order valence-electron chi connectivity index (χ2n) is 4.80. The van der Waals surface area contributed by atoms with Gasteiger partial charge in [0.2, 0.25) is 0 Å². The second kappa shape index (κ2) is 12.9. The Kier molecular flexibility index (Phi) is 11.7. The Hall–Kier alpha value is -2.44. The summed E-state index contributed by atoms with van der Waals surface area (Å²) in [4.78, 5) is 34.1. The SMILES string of the molecule is CCOC(=O)COc1ccc(C(C)=O)cc1OCC(=O)OCC.[O-][Cl+3]([O-])([O-])O. The Morgan fingerprint density at radius 1 is 0.929 bits per heavy atom. The van der Waals surface area contributed by atoms with Crippen molar-refractivity contribution in [3.8, 4) is 11.5 Å². The highest BCUT2D eigenvalue weighted by Gasteiger charge is 2.13. The van der Waals surface area contributed by atoms with Gasteiger partial charge in [-0.05, 0) is 39.0 Å². The second-order valence-corrected chi connectivity index (χ2v) is 5.59. The first-order chi connectivity index (χ1) is 13.0. The molecule has 0 radical (unpaired) electrons. The summed E-state index contributed by atoms with van der Waals surface area (Å²) in [5.41, 5.74) is 0.396. The van der Waals surface area contributed by atoms with Crippen LogP contribution in [0.4, 0.5) is 0 Å². The Balaban J connectivity index is 0.00000129. The molecule has 0 saturated carbocycles. The predicted octanol–water partition coefficient (Wildman–Crippen LogP) is -2.35. The molecule has 0 bridgehead atoms. The number of hydrogen-bond donors (Lipinski definition) is 1. The van der Waals surface area contributed by atoms with E-state index >= 15 is 0 Å². The molecule has 1 N–H and O–H groups in total.